The van der Waals surface area contributed by atoms with Gasteiger partial charge >= 0.3 is 0 Å². The van der Waals surface area contributed by atoms with Crippen LogP contribution in [0.2, 0.25) is 0 Å². The van der Waals surface area contributed by atoms with E-state index in [1.807, 2.05) is 0 Å². The standard InChI is InChI=1S/C32H57N/c1-3-5-7-9-11-13-27-14-18-29(19-15-27)30-22-24-32(26-33,25-23-30)31-20-16-28(17-21-31)12-10-8-6-4-2/h27-31H,3-25H2,1-2H3. The van der Waals surface area contributed by atoms with Crippen LogP contribution in [0.15, 0.2) is 0 Å². The van der Waals surface area contributed by atoms with E-state index in [-0.39, 0.29) is 5.41 Å². The molecule has 3 rings (SSSR count). The van der Waals surface area contributed by atoms with Gasteiger partial charge < -0.3 is 0 Å². The van der Waals surface area contributed by atoms with E-state index in [2.05, 4.69) is 19.9 Å². The van der Waals surface area contributed by atoms with Crippen molar-refractivity contribution < 1.29 is 0 Å². The van der Waals surface area contributed by atoms with Crippen molar-refractivity contribution in [3.8, 4) is 6.07 Å². The Morgan fingerprint density at radius 3 is 1.55 bits per heavy atom. The molecule has 0 aromatic heterocycles. The van der Waals surface area contributed by atoms with Crippen molar-refractivity contribution in [3.05, 3.63) is 0 Å². The molecule has 0 amide bonds. The fourth-order valence-electron chi connectivity index (χ4n) is 8.09. The Morgan fingerprint density at radius 1 is 0.576 bits per heavy atom. The molecular formula is C32H57N. The van der Waals surface area contributed by atoms with E-state index in [1.165, 1.54) is 148 Å². The molecule has 0 spiro atoms. The molecule has 0 aromatic rings. The molecular weight excluding hydrogens is 398 g/mol. The zero-order valence-electron chi connectivity index (χ0n) is 22.6. The highest BCUT2D eigenvalue weighted by atomic mass is 14.5. The van der Waals surface area contributed by atoms with E-state index in [4.69, 9.17) is 0 Å². The Balaban J connectivity index is 1.34. The van der Waals surface area contributed by atoms with Crippen molar-refractivity contribution in [3.63, 3.8) is 0 Å². The highest BCUT2D eigenvalue weighted by molar-refractivity contribution is 5.06. The van der Waals surface area contributed by atoms with Crippen LogP contribution in [-0.2, 0) is 0 Å². The van der Waals surface area contributed by atoms with Crippen molar-refractivity contribution in [2.24, 2.45) is 35.0 Å². The van der Waals surface area contributed by atoms with Gasteiger partial charge in [-0.2, -0.15) is 5.26 Å². The molecule has 3 aliphatic rings. The Morgan fingerprint density at radius 2 is 1.03 bits per heavy atom. The van der Waals surface area contributed by atoms with E-state index in [1.54, 1.807) is 0 Å². The second kappa shape index (κ2) is 14.8. The van der Waals surface area contributed by atoms with Crippen LogP contribution in [0, 0.1) is 46.3 Å². The van der Waals surface area contributed by atoms with Crippen LogP contribution >= 0.6 is 0 Å². The monoisotopic (exact) mass is 455 g/mol. The lowest BCUT2D eigenvalue weighted by Crippen LogP contribution is -2.38. The summed E-state index contributed by atoms with van der Waals surface area (Å²) in [5.41, 5.74) is 0.0410. The average Bonchev–Trinajstić information content (AvgIpc) is 2.87. The molecule has 0 aliphatic heterocycles. The van der Waals surface area contributed by atoms with Crippen molar-refractivity contribution >= 4 is 0 Å². The van der Waals surface area contributed by atoms with Gasteiger partial charge in [-0.3, -0.25) is 0 Å². The molecule has 1 heteroatoms. The maximum Gasteiger partial charge on any atom is 0.0692 e. The fraction of sp³-hybridized carbons (Fsp3) is 0.969. The van der Waals surface area contributed by atoms with E-state index in [0.29, 0.717) is 5.92 Å². The molecule has 0 heterocycles. The van der Waals surface area contributed by atoms with E-state index in [0.717, 1.165) is 23.7 Å². The van der Waals surface area contributed by atoms with Crippen LogP contribution in [0.3, 0.4) is 0 Å². The van der Waals surface area contributed by atoms with Gasteiger partial charge in [-0.25, -0.2) is 0 Å². The first-order valence-corrected chi connectivity index (χ1v) is 15.6. The maximum absolute atomic E-state index is 10.3. The van der Waals surface area contributed by atoms with Gasteiger partial charge in [-0.1, -0.05) is 110 Å². The largest absolute Gasteiger partial charge is 0.198 e. The van der Waals surface area contributed by atoms with Crippen LogP contribution in [-0.4, -0.2) is 0 Å². The third-order valence-corrected chi connectivity index (χ3v) is 10.5. The third kappa shape index (κ3) is 8.29. The summed E-state index contributed by atoms with van der Waals surface area (Å²) in [6.45, 7) is 4.62. The van der Waals surface area contributed by atoms with Gasteiger partial charge in [0.1, 0.15) is 0 Å². The van der Waals surface area contributed by atoms with Crippen LogP contribution in [0.25, 0.3) is 0 Å². The summed E-state index contributed by atoms with van der Waals surface area (Å²) in [5, 5.41) is 10.3. The number of hydrogen-bond acceptors (Lipinski definition) is 1. The second-order valence-corrected chi connectivity index (χ2v) is 12.7. The Bertz CT molecular complexity index is 535. The summed E-state index contributed by atoms with van der Waals surface area (Å²) < 4.78 is 0. The first kappa shape index (κ1) is 27.1. The SMILES string of the molecule is CCCCCCCC1CCC(C2CCC(C#N)(C3CCC(CCCCCC)CC3)CC2)CC1. The summed E-state index contributed by atoms with van der Waals surface area (Å²) in [6, 6.07) is 2.93. The van der Waals surface area contributed by atoms with Crippen LogP contribution in [0.1, 0.15) is 162 Å². The lowest BCUT2D eigenvalue weighted by molar-refractivity contribution is 0.0601. The summed E-state index contributed by atoms with van der Waals surface area (Å²) in [7, 11) is 0. The number of unbranched alkanes of at least 4 members (excludes halogenated alkanes) is 7. The first-order valence-electron chi connectivity index (χ1n) is 15.6. The molecule has 0 saturated heterocycles. The minimum absolute atomic E-state index is 0.0410. The number of nitriles is 1. The van der Waals surface area contributed by atoms with Crippen LogP contribution in [0.5, 0.6) is 0 Å². The fourth-order valence-corrected chi connectivity index (χ4v) is 8.09. The zero-order valence-corrected chi connectivity index (χ0v) is 22.6. The molecule has 1 nitrogen and oxygen atoms in total. The van der Waals surface area contributed by atoms with Crippen molar-refractivity contribution in [1.29, 1.82) is 5.26 Å². The zero-order chi connectivity index (χ0) is 23.4. The van der Waals surface area contributed by atoms with Gasteiger partial charge in [0.05, 0.1) is 11.5 Å². The smallest absolute Gasteiger partial charge is 0.0692 e. The van der Waals surface area contributed by atoms with Gasteiger partial charge in [0, 0.05) is 0 Å². The number of nitrogens with zero attached hydrogens (tertiary/aromatic N) is 1. The average molecular weight is 456 g/mol. The van der Waals surface area contributed by atoms with Gasteiger partial charge in [-0.15, -0.1) is 0 Å². The van der Waals surface area contributed by atoms with Gasteiger partial charge in [-0.05, 0) is 81.0 Å². The van der Waals surface area contributed by atoms with Crippen molar-refractivity contribution in [1.82, 2.24) is 0 Å². The summed E-state index contributed by atoms with van der Waals surface area (Å²) in [5.74, 6) is 4.62. The third-order valence-electron chi connectivity index (χ3n) is 10.5. The predicted molar refractivity (Wildman–Crippen MR) is 143 cm³/mol. The van der Waals surface area contributed by atoms with Crippen molar-refractivity contribution in [2.75, 3.05) is 0 Å². The molecule has 0 aromatic carbocycles. The lowest BCUT2D eigenvalue weighted by Gasteiger charge is -2.46. The van der Waals surface area contributed by atoms with E-state index in [9.17, 15) is 5.26 Å². The Hall–Kier alpha value is -0.510. The molecule has 0 bridgehead atoms. The lowest BCUT2D eigenvalue weighted by atomic mass is 9.57. The molecule has 0 N–H and O–H groups in total. The van der Waals surface area contributed by atoms with Gasteiger partial charge in [0.25, 0.3) is 0 Å². The van der Waals surface area contributed by atoms with Crippen molar-refractivity contribution in [2.45, 2.75) is 162 Å². The Kier molecular flexibility index (Phi) is 12.1. The van der Waals surface area contributed by atoms with E-state index < -0.39 is 0 Å². The number of hydrogen-bond donors (Lipinski definition) is 0. The Labute approximate surface area is 207 Å². The highest BCUT2D eigenvalue weighted by Gasteiger charge is 2.44. The van der Waals surface area contributed by atoms with Crippen LogP contribution in [0.4, 0.5) is 0 Å². The summed E-state index contributed by atoms with van der Waals surface area (Å²) >= 11 is 0. The molecule has 0 unspecified atom stereocenters. The van der Waals surface area contributed by atoms with Crippen LogP contribution < -0.4 is 0 Å². The minimum Gasteiger partial charge on any atom is -0.198 e. The topological polar surface area (TPSA) is 23.8 Å². The predicted octanol–water partition coefficient (Wildman–Crippen LogP) is 10.6. The quantitative estimate of drug-likeness (QED) is 0.253. The molecule has 33 heavy (non-hydrogen) atoms. The molecule has 0 atom stereocenters. The van der Waals surface area contributed by atoms with E-state index >= 15 is 0 Å². The number of rotatable bonds is 13. The normalized spacial score (nSPS) is 35.2. The first-order chi connectivity index (χ1) is 16.2. The second-order valence-electron chi connectivity index (χ2n) is 12.7. The van der Waals surface area contributed by atoms with Gasteiger partial charge in [0.2, 0.25) is 0 Å². The molecule has 3 fully saturated rings. The molecule has 0 radical (unpaired) electrons. The molecule has 3 aliphatic carbocycles. The summed E-state index contributed by atoms with van der Waals surface area (Å²) in [4.78, 5) is 0. The maximum atomic E-state index is 10.3. The minimum atomic E-state index is 0.0410. The highest BCUT2D eigenvalue weighted by Crippen LogP contribution is 2.52. The molecule has 3 saturated carbocycles. The summed E-state index contributed by atoms with van der Waals surface area (Å²) in [6.07, 6.45) is 32.4. The van der Waals surface area contributed by atoms with Gasteiger partial charge in [0.15, 0.2) is 0 Å². The molecule has 190 valence electrons.